The maximum atomic E-state index is 5.93. The molecule has 1 aromatic carbocycles. The Labute approximate surface area is 120 Å². The van der Waals surface area contributed by atoms with Crippen LogP contribution < -0.4 is 10.1 Å². The number of nitrogens with one attached hydrogen (secondary N) is 2. The Balaban J connectivity index is 2.09. The van der Waals surface area contributed by atoms with Gasteiger partial charge in [0.05, 0.1) is 0 Å². The van der Waals surface area contributed by atoms with Crippen LogP contribution in [0.4, 0.5) is 0 Å². The lowest BCUT2D eigenvalue weighted by molar-refractivity contribution is 0.297. The Morgan fingerprint density at radius 2 is 2.05 bits per heavy atom. The molecule has 0 aliphatic heterocycles. The Hall–Kier alpha value is -1.81. The van der Waals surface area contributed by atoms with E-state index in [1.807, 2.05) is 6.92 Å². The molecule has 0 saturated heterocycles. The summed E-state index contributed by atoms with van der Waals surface area (Å²) in [5, 5.41) is 10.7. The van der Waals surface area contributed by atoms with Gasteiger partial charge in [0, 0.05) is 17.8 Å². The molecule has 2 N–H and O–H groups in total. The van der Waals surface area contributed by atoms with Crippen LogP contribution in [0.2, 0.25) is 0 Å². The minimum absolute atomic E-state index is 0.495. The average molecular weight is 273 g/mol. The van der Waals surface area contributed by atoms with Crippen molar-refractivity contribution < 1.29 is 4.74 Å². The van der Waals surface area contributed by atoms with Crippen molar-refractivity contribution in [2.45, 2.75) is 40.8 Å². The zero-order valence-corrected chi connectivity index (χ0v) is 12.7. The lowest BCUT2D eigenvalue weighted by atomic mass is 10.1. The van der Waals surface area contributed by atoms with Crippen LogP contribution in [0.15, 0.2) is 18.2 Å². The summed E-state index contributed by atoms with van der Waals surface area (Å²) >= 11 is 0. The third-order valence-corrected chi connectivity index (χ3v) is 3.42. The van der Waals surface area contributed by atoms with Crippen LogP contribution in [0.1, 0.15) is 35.0 Å². The normalized spacial score (nSPS) is 10.8. The number of hydrogen-bond acceptors (Lipinski definition) is 3. The van der Waals surface area contributed by atoms with Crippen molar-refractivity contribution in [3.8, 4) is 5.75 Å². The zero-order chi connectivity index (χ0) is 14.5. The third-order valence-electron chi connectivity index (χ3n) is 3.42. The van der Waals surface area contributed by atoms with E-state index >= 15 is 0 Å². The highest BCUT2D eigenvalue weighted by atomic mass is 16.5. The van der Waals surface area contributed by atoms with Gasteiger partial charge in [-0.15, -0.1) is 0 Å². The molecule has 1 aromatic heterocycles. The van der Waals surface area contributed by atoms with Crippen LogP contribution >= 0.6 is 0 Å². The van der Waals surface area contributed by atoms with E-state index in [2.05, 4.69) is 54.5 Å². The van der Waals surface area contributed by atoms with Crippen molar-refractivity contribution in [1.29, 1.82) is 0 Å². The van der Waals surface area contributed by atoms with Crippen LogP contribution in [0.3, 0.4) is 0 Å². The Morgan fingerprint density at radius 1 is 1.25 bits per heavy atom. The summed E-state index contributed by atoms with van der Waals surface area (Å²) in [6, 6.07) is 6.25. The summed E-state index contributed by atoms with van der Waals surface area (Å²) in [7, 11) is 0. The summed E-state index contributed by atoms with van der Waals surface area (Å²) in [6.45, 7) is 10.5. The molecular formula is C16H23N3O. The second-order valence-electron chi connectivity index (χ2n) is 5.11. The van der Waals surface area contributed by atoms with E-state index in [9.17, 15) is 0 Å². The van der Waals surface area contributed by atoms with Gasteiger partial charge in [-0.25, -0.2) is 0 Å². The van der Waals surface area contributed by atoms with Gasteiger partial charge in [-0.1, -0.05) is 19.1 Å². The zero-order valence-electron chi connectivity index (χ0n) is 12.7. The van der Waals surface area contributed by atoms with Crippen LogP contribution in [-0.2, 0) is 13.2 Å². The Bertz CT molecular complexity index is 575. The van der Waals surface area contributed by atoms with E-state index in [0.29, 0.717) is 6.61 Å². The van der Waals surface area contributed by atoms with E-state index in [0.717, 1.165) is 35.8 Å². The first-order chi connectivity index (χ1) is 9.61. The molecule has 0 spiro atoms. The van der Waals surface area contributed by atoms with E-state index in [1.54, 1.807) is 0 Å². The molecule has 0 radical (unpaired) electrons. The molecule has 4 nitrogen and oxygen atoms in total. The fraction of sp³-hybridized carbons (Fsp3) is 0.438. The molecule has 0 unspecified atom stereocenters. The molecule has 4 heteroatoms. The second kappa shape index (κ2) is 6.57. The van der Waals surface area contributed by atoms with Crippen molar-refractivity contribution >= 4 is 0 Å². The number of rotatable bonds is 6. The number of aromatic nitrogens is 2. The lowest BCUT2D eigenvalue weighted by Crippen LogP contribution is -2.14. The molecule has 0 saturated carbocycles. The monoisotopic (exact) mass is 273 g/mol. The first kappa shape index (κ1) is 14.6. The summed E-state index contributed by atoms with van der Waals surface area (Å²) in [6.07, 6.45) is 0. The largest absolute Gasteiger partial charge is 0.487 e. The van der Waals surface area contributed by atoms with E-state index in [4.69, 9.17) is 4.74 Å². The number of nitrogens with zero attached hydrogens (tertiary/aromatic N) is 1. The molecule has 0 amide bonds. The van der Waals surface area contributed by atoms with Gasteiger partial charge in [0.1, 0.15) is 18.1 Å². The molecule has 0 aliphatic carbocycles. The molecule has 1 heterocycles. The molecule has 108 valence electrons. The predicted octanol–water partition coefficient (Wildman–Crippen LogP) is 3.02. The van der Waals surface area contributed by atoms with Crippen LogP contribution in [0.5, 0.6) is 5.75 Å². The van der Waals surface area contributed by atoms with Crippen molar-refractivity contribution in [2.24, 2.45) is 0 Å². The molecule has 20 heavy (non-hydrogen) atoms. The molecule has 0 atom stereocenters. The second-order valence-corrected chi connectivity index (χ2v) is 5.11. The standard InChI is InChI=1S/C16H23N3O/c1-5-17-9-14-13(4)18-19-15(14)10-20-16-8-11(2)6-7-12(16)3/h6-8,17H,5,9-10H2,1-4H3,(H,18,19). The minimum Gasteiger partial charge on any atom is -0.487 e. The summed E-state index contributed by atoms with van der Waals surface area (Å²) in [5.41, 5.74) is 5.64. The number of aromatic amines is 1. The highest BCUT2D eigenvalue weighted by molar-refractivity contribution is 5.36. The van der Waals surface area contributed by atoms with Gasteiger partial charge in [-0.05, 0) is 44.5 Å². The minimum atomic E-state index is 0.495. The topological polar surface area (TPSA) is 49.9 Å². The number of ether oxygens (including phenoxy) is 1. The van der Waals surface area contributed by atoms with E-state index in [-0.39, 0.29) is 0 Å². The fourth-order valence-electron chi connectivity index (χ4n) is 2.12. The Morgan fingerprint density at radius 3 is 2.80 bits per heavy atom. The van der Waals surface area contributed by atoms with Gasteiger partial charge in [-0.3, -0.25) is 5.10 Å². The number of aryl methyl sites for hydroxylation is 3. The average Bonchev–Trinajstić information content (AvgIpc) is 2.78. The quantitative estimate of drug-likeness (QED) is 0.850. The number of benzene rings is 1. The predicted molar refractivity (Wildman–Crippen MR) is 81.0 cm³/mol. The van der Waals surface area contributed by atoms with Crippen molar-refractivity contribution in [3.05, 3.63) is 46.3 Å². The van der Waals surface area contributed by atoms with Gasteiger partial charge >= 0.3 is 0 Å². The van der Waals surface area contributed by atoms with E-state index < -0.39 is 0 Å². The van der Waals surface area contributed by atoms with Gasteiger partial charge in [0.15, 0.2) is 0 Å². The Kier molecular flexibility index (Phi) is 4.79. The van der Waals surface area contributed by atoms with Crippen molar-refractivity contribution in [3.63, 3.8) is 0 Å². The van der Waals surface area contributed by atoms with E-state index in [1.165, 1.54) is 11.1 Å². The maximum absolute atomic E-state index is 5.93. The molecule has 0 fully saturated rings. The van der Waals surface area contributed by atoms with Gasteiger partial charge < -0.3 is 10.1 Å². The van der Waals surface area contributed by atoms with Gasteiger partial charge in [-0.2, -0.15) is 5.10 Å². The van der Waals surface area contributed by atoms with Crippen molar-refractivity contribution in [1.82, 2.24) is 15.5 Å². The van der Waals surface area contributed by atoms with Crippen LogP contribution in [0.25, 0.3) is 0 Å². The molecule has 2 aromatic rings. The first-order valence-electron chi connectivity index (χ1n) is 7.05. The summed E-state index contributed by atoms with van der Waals surface area (Å²) in [4.78, 5) is 0. The van der Waals surface area contributed by atoms with Gasteiger partial charge in [0.25, 0.3) is 0 Å². The highest BCUT2D eigenvalue weighted by Gasteiger charge is 2.11. The number of hydrogen-bond donors (Lipinski definition) is 2. The van der Waals surface area contributed by atoms with Crippen LogP contribution in [-0.4, -0.2) is 16.7 Å². The summed E-state index contributed by atoms with van der Waals surface area (Å²) in [5.74, 6) is 0.931. The lowest BCUT2D eigenvalue weighted by Gasteiger charge is -2.10. The number of H-pyrrole nitrogens is 1. The molecule has 0 bridgehead atoms. The smallest absolute Gasteiger partial charge is 0.132 e. The molecule has 2 rings (SSSR count). The highest BCUT2D eigenvalue weighted by Crippen LogP contribution is 2.21. The molecular weight excluding hydrogens is 250 g/mol. The molecule has 0 aliphatic rings. The SMILES string of the molecule is CCNCc1c(COc2cc(C)ccc2C)n[nH]c1C. The summed E-state index contributed by atoms with van der Waals surface area (Å²) < 4.78 is 5.93. The van der Waals surface area contributed by atoms with Crippen molar-refractivity contribution in [2.75, 3.05) is 6.54 Å². The van der Waals surface area contributed by atoms with Gasteiger partial charge in [0.2, 0.25) is 0 Å². The fourth-order valence-corrected chi connectivity index (χ4v) is 2.12. The first-order valence-corrected chi connectivity index (χ1v) is 7.05. The van der Waals surface area contributed by atoms with Crippen LogP contribution in [0, 0.1) is 20.8 Å². The maximum Gasteiger partial charge on any atom is 0.132 e. The third kappa shape index (κ3) is 3.39.